The van der Waals surface area contributed by atoms with Gasteiger partial charge in [0.05, 0.1) is 5.92 Å². The van der Waals surface area contributed by atoms with E-state index in [1.807, 2.05) is 30.3 Å². The first-order valence-electron chi connectivity index (χ1n) is 10.3. The first-order valence-corrected chi connectivity index (χ1v) is 10.3. The number of anilines is 1. The van der Waals surface area contributed by atoms with Gasteiger partial charge in [0.25, 0.3) is 5.91 Å². The Morgan fingerprint density at radius 1 is 1.00 bits per heavy atom. The van der Waals surface area contributed by atoms with Gasteiger partial charge in [-0.15, -0.1) is 0 Å². The lowest BCUT2D eigenvalue weighted by atomic mass is 10.0. The molecule has 2 heterocycles. The van der Waals surface area contributed by atoms with Crippen molar-refractivity contribution in [1.29, 1.82) is 0 Å². The van der Waals surface area contributed by atoms with Crippen molar-refractivity contribution in [3.8, 4) is 0 Å². The second-order valence-electron chi connectivity index (χ2n) is 7.99. The summed E-state index contributed by atoms with van der Waals surface area (Å²) in [5, 5.41) is 2.83. The van der Waals surface area contributed by atoms with Crippen LogP contribution in [0.5, 0.6) is 0 Å². The summed E-state index contributed by atoms with van der Waals surface area (Å²) in [6, 6.07) is 15.8. The first-order chi connectivity index (χ1) is 15.3. The van der Waals surface area contributed by atoms with Gasteiger partial charge < -0.3 is 15.1 Å². The standard InChI is InChI=1S/C24H24N4O4/c1-15(29)17-10-7-11-18(12-17)25-21(30)20-13-19-22(26(2)24(32)27(3)23(19)31)28(20)14-16-8-5-4-6-9-16/h4-13,19,22H,14H2,1-3H3,(H,25,30). The van der Waals surface area contributed by atoms with E-state index in [-0.39, 0.29) is 11.7 Å². The highest BCUT2D eigenvalue weighted by molar-refractivity contribution is 6.07. The molecule has 2 aliphatic rings. The molecule has 2 atom stereocenters. The Bertz CT molecular complexity index is 1130. The molecule has 0 radical (unpaired) electrons. The number of fused-ring (bicyclic) bond motifs is 1. The molecular formula is C24H24N4O4. The average molecular weight is 432 g/mol. The van der Waals surface area contributed by atoms with E-state index in [9.17, 15) is 19.2 Å². The van der Waals surface area contributed by atoms with Crippen LogP contribution >= 0.6 is 0 Å². The van der Waals surface area contributed by atoms with E-state index >= 15 is 0 Å². The summed E-state index contributed by atoms with van der Waals surface area (Å²) >= 11 is 0. The normalized spacial score (nSPS) is 20.2. The molecule has 0 aliphatic carbocycles. The molecular weight excluding hydrogens is 408 g/mol. The molecule has 1 N–H and O–H groups in total. The van der Waals surface area contributed by atoms with Gasteiger partial charge in [-0.2, -0.15) is 0 Å². The Kier molecular flexibility index (Phi) is 5.52. The van der Waals surface area contributed by atoms with Crippen molar-refractivity contribution in [3.63, 3.8) is 0 Å². The highest BCUT2D eigenvalue weighted by Gasteiger charge is 2.50. The van der Waals surface area contributed by atoms with Crippen molar-refractivity contribution in [3.05, 3.63) is 77.5 Å². The lowest BCUT2D eigenvalue weighted by Crippen LogP contribution is -2.61. The molecule has 2 aromatic rings. The molecule has 2 aliphatic heterocycles. The van der Waals surface area contributed by atoms with Crippen molar-refractivity contribution >= 4 is 29.3 Å². The number of nitrogens with one attached hydrogen (secondary N) is 1. The van der Waals surface area contributed by atoms with Gasteiger partial charge in [-0.25, -0.2) is 4.79 Å². The minimum atomic E-state index is -0.657. The molecule has 1 saturated heterocycles. The van der Waals surface area contributed by atoms with Crippen LogP contribution in [-0.2, 0) is 16.1 Å². The summed E-state index contributed by atoms with van der Waals surface area (Å²) in [5.74, 6) is -1.52. The highest BCUT2D eigenvalue weighted by atomic mass is 16.2. The summed E-state index contributed by atoms with van der Waals surface area (Å²) in [5.41, 5.74) is 2.21. The molecule has 4 amide bonds. The Labute approximate surface area is 186 Å². The topological polar surface area (TPSA) is 90.0 Å². The fourth-order valence-corrected chi connectivity index (χ4v) is 4.18. The van der Waals surface area contributed by atoms with Gasteiger partial charge in [0.2, 0.25) is 5.91 Å². The number of rotatable bonds is 5. The Morgan fingerprint density at radius 3 is 2.41 bits per heavy atom. The maximum atomic E-state index is 13.3. The molecule has 8 heteroatoms. The molecule has 0 spiro atoms. The maximum absolute atomic E-state index is 13.3. The number of ketones is 1. The largest absolute Gasteiger partial charge is 0.341 e. The fraction of sp³-hybridized carbons (Fsp3) is 0.250. The monoisotopic (exact) mass is 432 g/mol. The van der Waals surface area contributed by atoms with Crippen LogP contribution in [0.4, 0.5) is 10.5 Å². The molecule has 164 valence electrons. The zero-order valence-corrected chi connectivity index (χ0v) is 18.1. The minimum absolute atomic E-state index is 0.105. The Hall–Kier alpha value is -3.94. The predicted molar refractivity (Wildman–Crippen MR) is 118 cm³/mol. The lowest BCUT2D eigenvalue weighted by Gasteiger charge is -2.43. The van der Waals surface area contributed by atoms with Crippen molar-refractivity contribution in [2.45, 2.75) is 19.6 Å². The van der Waals surface area contributed by atoms with Crippen LogP contribution in [0.3, 0.4) is 0 Å². The van der Waals surface area contributed by atoms with E-state index in [0.717, 1.165) is 10.5 Å². The molecule has 2 unspecified atom stereocenters. The summed E-state index contributed by atoms with van der Waals surface area (Å²) in [6.07, 6.45) is 1.02. The third kappa shape index (κ3) is 3.75. The number of imide groups is 1. The van der Waals surface area contributed by atoms with Crippen molar-refractivity contribution in [2.24, 2.45) is 5.92 Å². The Morgan fingerprint density at radius 2 is 1.72 bits per heavy atom. The smallest absolute Gasteiger partial charge is 0.327 e. The van der Waals surface area contributed by atoms with E-state index in [1.54, 1.807) is 42.3 Å². The molecule has 0 saturated carbocycles. The number of carbonyl (C=O) groups is 4. The number of benzene rings is 2. The zero-order chi connectivity index (χ0) is 23.0. The quantitative estimate of drug-likeness (QED) is 0.734. The molecule has 8 nitrogen and oxygen atoms in total. The van der Waals surface area contributed by atoms with E-state index < -0.39 is 24.0 Å². The summed E-state index contributed by atoms with van der Waals surface area (Å²) in [4.78, 5) is 54.8. The third-order valence-corrected chi connectivity index (χ3v) is 5.84. The second kappa shape index (κ2) is 8.30. The number of hydrogen-bond donors (Lipinski definition) is 1. The number of nitrogens with zero attached hydrogens (tertiary/aromatic N) is 3. The van der Waals surface area contributed by atoms with Crippen LogP contribution in [0, 0.1) is 5.92 Å². The number of hydrogen-bond acceptors (Lipinski definition) is 5. The number of amides is 4. The Balaban J connectivity index is 1.68. The summed E-state index contributed by atoms with van der Waals surface area (Å²) < 4.78 is 0. The van der Waals surface area contributed by atoms with Gasteiger partial charge in [0, 0.05) is 31.9 Å². The predicted octanol–water partition coefficient (Wildman–Crippen LogP) is 2.69. The van der Waals surface area contributed by atoms with Gasteiger partial charge in [0.1, 0.15) is 11.9 Å². The lowest BCUT2D eigenvalue weighted by molar-refractivity contribution is -0.137. The highest BCUT2D eigenvalue weighted by Crippen LogP contribution is 2.36. The van der Waals surface area contributed by atoms with Crippen molar-refractivity contribution in [2.75, 3.05) is 19.4 Å². The van der Waals surface area contributed by atoms with Crippen LogP contribution in [0.1, 0.15) is 22.8 Å². The fourth-order valence-electron chi connectivity index (χ4n) is 4.18. The summed E-state index contributed by atoms with van der Waals surface area (Å²) in [7, 11) is 3.07. The van der Waals surface area contributed by atoms with Gasteiger partial charge in [0.15, 0.2) is 5.78 Å². The van der Waals surface area contributed by atoms with E-state index in [4.69, 9.17) is 0 Å². The average Bonchev–Trinajstić information content (AvgIpc) is 3.16. The van der Waals surface area contributed by atoms with Crippen LogP contribution in [0.15, 0.2) is 66.4 Å². The van der Waals surface area contributed by atoms with Gasteiger partial charge in [-0.3, -0.25) is 19.3 Å². The first kappa shape index (κ1) is 21.3. The maximum Gasteiger partial charge on any atom is 0.327 e. The molecule has 4 rings (SSSR count). The number of urea groups is 1. The third-order valence-electron chi connectivity index (χ3n) is 5.84. The molecule has 32 heavy (non-hydrogen) atoms. The summed E-state index contributed by atoms with van der Waals surface area (Å²) in [6.45, 7) is 1.81. The van der Waals surface area contributed by atoms with Crippen LogP contribution in [0.2, 0.25) is 0 Å². The van der Waals surface area contributed by atoms with Gasteiger partial charge in [-0.05, 0) is 30.7 Å². The van der Waals surface area contributed by atoms with Crippen LogP contribution in [-0.4, -0.2) is 58.6 Å². The molecule has 1 fully saturated rings. The van der Waals surface area contributed by atoms with Crippen LogP contribution < -0.4 is 5.32 Å². The minimum Gasteiger partial charge on any atom is -0.341 e. The van der Waals surface area contributed by atoms with E-state index in [0.29, 0.717) is 23.5 Å². The van der Waals surface area contributed by atoms with Crippen LogP contribution in [0.25, 0.3) is 0 Å². The molecule has 0 bridgehead atoms. The second-order valence-corrected chi connectivity index (χ2v) is 7.99. The SMILES string of the molecule is CC(=O)c1cccc(NC(=O)C2=CC3C(=O)N(C)C(=O)N(C)C3N2Cc2ccccc2)c1. The van der Waals surface area contributed by atoms with Crippen molar-refractivity contribution < 1.29 is 19.2 Å². The molecule has 2 aromatic carbocycles. The zero-order valence-electron chi connectivity index (χ0n) is 18.1. The van der Waals surface area contributed by atoms with Gasteiger partial charge in [-0.1, -0.05) is 42.5 Å². The number of carbonyl (C=O) groups excluding carboxylic acids is 4. The number of Topliss-reactive ketones (excluding diaryl/α,β-unsaturated/α-hetero) is 1. The van der Waals surface area contributed by atoms with Crippen molar-refractivity contribution in [1.82, 2.24) is 14.7 Å². The van der Waals surface area contributed by atoms with E-state index in [1.165, 1.54) is 18.9 Å². The van der Waals surface area contributed by atoms with E-state index in [2.05, 4.69) is 5.32 Å². The molecule has 0 aromatic heterocycles. The van der Waals surface area contributed by atoms with Gasteiger partial charge >= 0.3 is 6.03 Å².